The van der Waals surface area contributed by atoms with Gasteiger partial charge in [-0.05, 0) is 44.4 Å². The van der Waals surface area contributed by atoms with Crippen molar-refractivity contribution in [3.05, 3.63) is 30.1 Å². The van der Waals surface area contributed by atoms with Crippen molar-refractivity contribution in [3.63, 3.8) is 0 Å². The lowest BCUT2D eigenvalue weighted by molar-refractivity contribution is -0.125. The molecule has 1 aliphatic heterocycles. The molecule has 2 N–H and O–H groups in total. The Balaban J connectivity index is 1.94. The Bertz CT molecular complexity index is 393. The first-order valence-electron chi connectivity index (χ1n) is 6.63. The number of hydrogen-bond acceptors (Lipinski definition) is 3. The molecule has 1 aromatic rings. The molecule has 2 rings (SSSR count). The number of carbonyl (C=O) groups excluding carboxylic acids is 1. The number of piperidine rings is 1. The highest BCUT2D eigenvalue weighted by Gasteiger charge is 2.28. The summed E-state index contributed by atoms with van der Waals surface area (Å²) in [6.07, 6.45) is 4.02. The highest BCUT2D eigenvalue weighted by Crippen LogP contribution is 2.17. The molecule has 4 nitrogen and oxygen atoms in total. The third-order valence-electron chi connectivity index (χ3n) is 3.54. The summed E-state index contributed by atoms with van der Waals surface area (Å²) in [5.74, 6) is 0.482. The lowest BCUT2D eigenvalue weighted by Gasteiger charge is -2.30. The molecular formula is C14H21N3O. The van der Waals surface area contributed by atoms with Crippen molar-refractivity contribution in [1.82, 2.24) is 15.6 Å². The van der Waals surface area contributed by atoms with Crippen LogP contribution in [0.25, 0.3) is 0 Å². The first kappa shape index (κ1) is 13.0. The molecule has 3 atom stereocenters. The lowest BCUT2D eigenvalue weighted by Crippen LogP contribution is -2.51. The molecule has 1 saturated heterocycles. The van der Waals surface area contributed by atoms with E-state index in [1.807, 2.05) is 25.1 Å². The molecule has 3 unspecified atom stereocenters. The van der Waals surface area contributed by atoms with Gasteiger partial charge in [-0.2, -0.15) is 0 Å². The van der Waals surface area contributed by atoms with Crippen molar-refractivity contribution < 1.29 is 4.79 Å². The minimum absolute atomic E-state index is 0.0466. The second kappa shape index (κ2) is 5.96. The number of amides is 1. The van der Waals surface area contributed by atoms with Gasteiger partial charge in [0.2, 0.25) is 5.91 Å². The summed E-state index contributed by atoms with van der Waals surface area (Å²) in [6, 6.07) is 5.64. The van der Waals surface area contributed by atoms with Crippen LogP contribution in [0.3, 0.4) is 0 Å². The maximum atomic E-state index is 12.2. The van der Waals surface area contributed by atoms with Crippen LogP contribution < -0.4 is 10.6 Å². The Morgan fingerprint density at radius 2 is 2.39 bits per heavy atom. The van der Waals surface area contributed by atoms with Crippen LogP contribution in [0.2, 0.25) is 0 Å². The minimum Gasteiger partial charge on any atom is -0.347 e. The molecule has 0 saturated carbocycles. The second-order valence-electron chi connectivity index (χ2n) is 5.04. The highest BCUT2D eigenvalue weighted by atomic mass is 16.2. The summed E-state index contributed by atoms with van der Waals surface area (Å²) in [6.45, 7) is 5.02. The number of hydrogen-bond donors (Lipinski definition) is 2. The van der Waals surface area contributed by atoms with Crippen LogP contribution in [0, 0.1) is 5.92 Å². The van der Waals surface area contributed by atoms with E-state index in [2.05, 4.69) is 22.5 Å². The molecule has 18 heavy (non-hydrogen) atoms. The number of nitrogens with one attached hydrogen (secondary N) is 2. The molecule has 0 aromatic carbocycles. The van der Waals surface area contributed by atoms with Gasteiger partial charge in [-0.1, -0.05) is 13.0 Å². The maximum Gasteiger partial charge on any atom is 0.237 e. The Labute approximate surface area is 108 Å². The number of rotatable bonds is 3. The van der Waals surface area contributed by atoms with Gasteiger partial charge in [0.25, 0.3) is 0 Å². The summed E-state index contributed by atoms with van der Waals surface area (Å²) in [4.78, 5) is 16.5. The zero-order chi connectivity index (χ0) is 13.0. The number of pyridine rings is 1. The van der Waals surface area contributed by atoms with Crippen LogP contribution in [0.15, 0.2) is 24.4 Å². The molecular weight excluding hydrogens is 226 g/mol. The number of carbonyl (C=O) groups is 1. The van der Waals surface area contributed by atoms with E-state index in [-0.39, 0.29) is 18.0 Å². The van der Waals surface area contributed by atoms with Crippen LogP contribution in [0.5, 0.6) is 0 Å². The quantitative estimate of drug-likeness (QED) is 0.854. The predicted molar refractivity (Wildman–Crippen MR) is 71.0 cm³/mol. The molecule has 1 aliphatic rings. The van der Waals surface area contributed by atoms with Crippen LogP contribution in [-0.2, 0) is 4.79 Å². The van der Waals surface area contributed by atoms with E-state index in [1.54, 1.807) is 6.20 Å². The summed E-state index contributed by atoms with van der Waals surface area (Å²) < 4.78 is 0. The molecule has 0 radical (unpaired) electrons. The van der Waals surface area contributed by atoms with Crippen molar-refractivity contribution in [2.24, 2.45) is 5.92 Å². The Morgan fingerprint density at radius 3 is 3.06 bits per heavy atom. The molecule has 1 aromatic heterocycles. The van der Waals surface area contributed by atoms with Gasteiger partial charge in [-0.15, -0.1) is 0 Å². The predicted octanol–water partition coefficient (Wildman–Crippen LogP) is 1.65. The van der Waals surface area contributed by atoms with Crippen LogP contribution >= 0.6 is 0 Å². The molecule has 2 heterocycles. The van der Waals surface area contributed by atoms with E-state index in [9.17, 15) is 4.79 Å². The molecule has 0 spiro atoms. The van der Waals surface area contributed by atoms with Gasteiger partial charge < -0.3 is 10.6 Å². The van der Waals surface area contributed by atoms with Crippen molar-refractivity contribution >= 4 is 5.91 Å². The Hall–Kier alpha value is -1.42. The zero-order valence-corrected chi connectivity index (χ0v) is 11.0. The standard InChI is InChI=1S/C14H21N3O/c1-10-6-5-9-16-13(10)14(18)17-11(2)12-7-3-4-8-15-12/h3-4,7-8,10-11,13,16H,5-6,9H2,1-2H3,(H,17,18). The summed E-state index contributed by atoms with van der Waals surface area (Å²) in [5, 5.41) is 6.33. The van der Waals surface area contributed by atoms with Crippen LogP contribution in [-0.4, -0.2) is 23.5 Å². The zero-order valence-electron chi connectivity index (χ0n) is 11.0. The van der Waals surface area contributed by atoms with Crippen molar-refractivity contribution in [2.45, 2.75) is 38.8 Å². The third-order valence-corrected chi connectivity index (χ3v) is 3.54. The second-order valence-corrected chi connectivity index (χ2v) is 5.04. The average Bonchev–Trinajstić information content (AvgIpc) is 2.40. The van der Waals surface area contributed by atoms with Gasteiger partial charge in [0.15, 0.2) is 0 Å². The molecule has 98 valence electrons. The van der Waals surface area contributed by atoms with Gasteiger partial charge >= 0.3 is 0 Å². The Morgan fingerprint density at radius 1 is 1.56 bits per heavy atom. The van der Waals surface area contributed by atoms with E-state index in [4.69, 9.17) is 0 Å². The highest BCUT2D eigenvalue weighted by molar-refractivity contribution is 5.82. The first-order chi connectivity index (χ1) is 8.68. The molecule has 1 fully saturated rings. The monoisotopic (exact) mass is 247 g/mol. The smallest absolute Gasteiger partial charge is 0.237 e. The van der Waals surface area contributed by atoms with Gasteiger partial charge in [0, 0.05) is 6.20 Å². The SMILES string of the molecule is CC(NC(=O)C1NCCCC1C)c1ccccn1. The fourth-order valence-corrected chi connectivity index (χ4v) is 2.41. The van der Waals surface area contributed by atoms with Gasteiger partial charge in [0.1, 0.15) is 0 Å². The molecule has 1 amide bonds. The molecule has 0 aliphatic carbocycles. The van der Waals surface area contributed by atoms with E-state index in [0.717, 1.165) is 25.1 Å². The fourth-order valence-electron chi connectivity index (χ4n) is 2.41. The van der Waals surface area contributed by atoms with Gasteiger partial charge in [-0.3, -0.25) is 9.78 Å². The maximum absolute atomic E-state index is 12.2. The van der Waals surface area contributed by atoms with Crippen molar-refractivity contribution in [3.8, 4) is 0 Å². The topological polar surface area (TPSA) is 54.0 Å². The van der Waals surface area contributed by atoms with Crippen LogP contribution in [0.1, 0.15) is 38.4 Å². The number of nitrogens with zero attached hydrogens (tertiary/aromatic N) is 1. The molecule has 4 heteroatoms. The minimum atomic E-state index is -0.0649. The largest absolute Gasteiger partial charge is 0.347 e. The Kier molecular flexibility index (Phi) is 4.31. The summed E-state index contributed by atoms with van der Waals surface area (Å²) in [7, 11) is 0. The van der Waals surface area contributed by atoms with E-state index in [1.165, 1.54) is 0 Å². The van der Waals surface area contributed by atoms with E-state index < -0.39 is 0 Å². The van der Waals surface area contributed by atoms with Crippen LogP contribution in [0.4, 0.5) is 0 Å². The normalized spacial score (nSPS) is 25.4. The number of aromatic nitrogens is 1. The van der Waals surface area contributed by atoms with Gasteiger partial charge in [-0.25, -0.2) is 0 Å². The van der Waals surface area contributed by atoms with Crippen molar-refractivity contribution in [2.75, 3.05) is 6.54 Å². The van der Waals surface area contributed by atoms with E-state index >= 15 is 0 Å². The summed E-state index contributed by atoms with van der Waals surface area (Å²) >= 11 is 0. The average molecular weight is 247 g/mol. The lowest BCUT2D eigenvalue weighted by atomic mass is 9.92. The van der Waals surface area contributed by atoms with Gasteiger partial charge in [0.05, 0.1) is 17.8 Å². The van der Waals surface area contributed by atoms with Crippen molar-refractivity contribution in [1.29, 1.82) is 0 Å². The third kappa shape index (κ3) is 3.07. The van der Waals surface area contributed by atoms with E-state index in [0.29, 0.717) is 5.92 Å². The summed E-state index contributed by atoms with van der Waals surface area (Å²) in [5.41, 5.74) is 0.898. The molecule has 0 bridgehead atoms. The fraction of sp³-hybridized carbons (Fsp3) is 0.571. The first-order valence-corrected chi connectivity index (χ1v) is 6.63.